The smallest absolute Gasteiger partial charge is 0.252 e. The van der Waals surface area contributed by atoms with Crippen LogP contribution in [0.2, 0.25) is 0 Å². The zero-order valence-electron chi connectivity index (χ0n) is 16.9. The molecule has 6 nitrogen and oxygen atoms in total. The molecule has 0 radical (unpaired) electrons. The number of amides is 1. The molecule has 1 amide bonds. The van der Waals surface area contributed by atoms with E-state index >= 15 is 0 Å². The first-order chi connectivity index (χ1) is 14.5. The van der Waals surface area contributed by atoms with Crippen LogP contribution in [-0.4, -0.2) is 36.7 Å². The molecule has 3 heterocycles. The molecule has 8 heteroatoms. The molecule has 0 saturated carbocycles. The van der Waals surface area contributed by atoms with Crippen molar-refractivity contribution in [1.29, 1.82) is 0 Å². The zero-order valence-corrected chi connectivity index (χ0v) is 18.5. The number of hydrogen-bond acceptors (Lipinski definition) is 4. The van der Waals surface area contributed by atoms with E-state index in [9.17, 15) is 13.2 Å². The van der Waals surface area contributed by atoms with Crippen molar-refractivity contribution in [1.82, 2.24) is 14.6 Å². The molecule has 0 spiro atoms. The Hall–Kier alpha value is -2.16. The number of piperidine rings is 1. The number of rotatable bonds is 8. The van der Waals surface area contributed by atoms with E-state index in [4.69, 9.17) is 0 Å². The van der Waals surface area contributed by atoms with Gasteiger partial charge in [0.15, 0.2) is 0 Å². The fourth-order valence-electron chi connectivity index (χ4n) is 3.88. The number of nitrogens with zero attached hydrogens (tertiary/aromatic N) is 1. The topological polar surface area (TPSA) is 82.3 Å². The minimum absolute atomic E-state index is 0.0105. The van der Waals surface area contributed by atoms with Crippen molar-refractivity contribution in [2.45, 2.75) is 49.3 Å². The maximum Gasteiger partial charge on any atom is 0.252 e. The molecule has 4 rings (SSSR count). The number of hydrogen-bond donors (Lipinski definition) is 2. The van der Waals surface area contributed by atoms with Crippen LogP contribution in [-0.2, 0) is 27.8 Å². The lowest BCUT2D eigenvalue weighted by Crippen LogP contribution is -2.35. The second-order valence-corrected chi connectivity index (χ2v) is 11.0. The second kappa shape index (κ2) is 9.32. The van der Waals surface area contributed by atoms with E-state index in [1.807, 2.05) is 24.4 Å². The summed E-state index contributed by atoms with van der Waals surface area (Å²) in [5, 5.41) is 4.12. The molecular formula is C22H27N3O3S2. The lowest BCUT2D eigenvalue weighted by Gasteiger charge is -2.25. The normalized spacial score (nSPS) is 15.5. The van der Waals surface area contributed by atoms with Gasteiger partial charge in [0.2, 0.25) is 5.91 Å². The van der Waals surface area contributed by atoms with Crippen LogP contribution in [0.1, 0.15) is 42.5 Å². The van der Waals surface area contributed by atoms with E-state index in [-0.39, 0.29) is 5.91 Å². The predicted molar refractivity (Wildman–Crippen MR) is 120 cm³/mol. The number of thiophene rings is 1. The van der Waals surface area contributed by atoms with Crippen molar-refractivity contribution >= 4 is 38.2 Å². The Labute approximate surface area is 181 Å². The fourth-order valence-corrected chi connectivity index (χ4v) is 6.84. The number of aryl methyl sites for hydroxylation is 1. The minimum atomic E-state index is -3.40. The van der Waals surface area contributed by atoms with Crippen molar-refractivity contribution in [3.05, 3.63) is 53.0 Å². The Morgan fingerprint density at radius 2 is 1.90 bits per heavy atom. The summed E-state index contributed by atoms with van der Waals surface area (Å²) in [6.45, 7) is 1.57. The van der Waals surface area contributed by atoms with Crippen LogP contribution in [0.25, 0.3) is 10.9 Å². The average Bonchev–Trinajstić information content (AvgIpc) is 3.41. The van der Waals surface area contributed by atoms with Crippen LogP contribution in [0, 0.1) is 0 Å². The van der Waals surface area contributed by atoms with Gasteiger partial charge in [-0.1, -0.05) is 24.6 Å². The Morgan fingerprint density at radius 3 is 2.73 bits per heavy atom. The van der Waals surface area contributed by atoms with Crippen molar-refractivity contribution < 1.29 is 13.2 Å². The molecule has 3 aromatic rings. The van der Waals surface area contributed by atoms with E-state index in [2.05, 4.69) is 16.4 Å². The average molecular weight is 446 g/mol. The van der Waals surface area contributed by atoms with Gasteiger partial charge in [-0.25, -0.2) is 8.42 Å². The van der Waals surface area contributed by atoms with Crippen molar-refractivity contribution in [3.63, 3.8) is 0 Å². The van der Waals surface area contributed by atoms with Gasteiger partial charge >= 0.3 is 0 Å². The Balaban J connectivity index is 1.25. The summed E-state index contributed by atoms with van der Waals surface area (Å²) in [5.74, 6) is -0.0105. The van der Waals surface area contributed by atoms with Crippen molar-refractivity contribution in [2.75, 3.05) is 13.1 Å². The van der Waals surface area contributed by atoms with Crippen LogP contribution in [0.4, 0.5) is 0 Å². The summed E-state index contributed by atoms with van der Waals surface area (Å²) >= 11 is 1.25. The third-order valence-electron chi connectivity index (χ3n) is 5.53. The number of nitrogens with one attached hydrogen (secondary N) is 2. The number of para-hydroxylation sites is 1. The van der Waals surface area contributed by atoms with Gasteiger partial charge in [-0.2, -0.15) is 4.31 Å². The summed E-state index contributed by atoms with van der Waals surface area (Å²) < 4.78 is 27.4. The molecule has 0 aliphatic carbocycles. The number of sulfonamides is 1. The molecule has 1 fully saturated rings. The van der Waals surface area contributed by atoms with E-state index in [1.54, 1.807) is 16.4 Å². The molecule has 0 unspecified atom stereocenters. The number of benzene rings is 1. The van der Waals surface area contributed by atoms with Gasteiger partial charge < -0.3 is 10.3 Å². The van der Waals surface area contributed by atoms with Gasteiger partial charge in [-0.3, -0.25) is 4.79 Å². The van der Waals surface area contributed by atoms with Gasteiger partial charge in [-0.15, -0.1) is 11.3 Å². The van der Waals surface area contributed by atoms with Crippen molar-refractivity contribution in [3.8, 4) is 0 Å². The molecule has 1 aromatic carbocycles. The largest absolute Gasteiger partial charge is 0.361 e. The number of H-pyrrole nitrogens is 1. The van der Waals surface area contributed by atoms with Gasteiger partial charge in [0.05, 0.1) is 6.54 Å². The third-order valence-corrected chi connectivity index (χ3v) is 8.98. The number of carbonyl (C=O) groups is 1. The first kappa shape index (κ1) is 21.1. The van der Waals surface area contributed by atoms with Gasteiger partial charge in [-0.05, 0) is 49.4 Å². The third kappa shape index (κ3) is 4.77. The Kier molecular flexibility index (Phi) is 6.55. The lowest BCUT2D eigenvalue weighted by molar-refractivity contribution is -0.121. The summed E-state index contributed by atoms with van der Waals surface area (Å²) in [7, 11) is -3.40. The summed E-state index contributed by atoms with van der Waals surface area (Å²) in [5.41, 5.74) is 2.34. The van der Waals surface area contributed by atoms with E-state index < -0.39 is 10.0 Å². The highest BCUT2D eigenvalue weighted by molar-refractivity contribution is 7.91. The van der Waals surface area contributed by atoms with E-state index in [0.717, 1.165) is 42.5 Å². The molecular weight excluding hydrogens is 418 g/mol. The molecule has 2 aromatic heterocycles. The van der Waals surface area contributed by atoms with Crippen LogP contribution < -0.4 is 5.32 Å². The standard InChI is InChI=1S/C22H27N3O3S2/c26-21(10-6-7-17-15-23-20-9-3-2-8-19(17)20)24-16-18-11-12-22(29-18)30(27,28)25-13-4-1-5-14-25/h2-3,8-9,11-12,15,23H,1,4-7,10,13-14,16H2,(H,24,26). The summed E-state index contributed by atoms with van der Waals surface area (Å²) in [4.78, 5) is 16.3. The van der Waals surface area contributed by atoms with E-state index in [1.165, 1.54) is 22.3 Å². The molecule has 1 aliphatic heterocycles. The molecule has 160 valence electrons. The monoisotopic (exact) mass is 445 g/mol. The maximum atomic E-state index is 12.7. The van der Waals surface area contributed by atoms with Gasteiger partial charge in [0, 0.05) is 41.5 Å². The molecule has 0 atom stereocenters. The molecule has 1 saturated heterocycles. The Bertz CT molecular complexity index is 1110. The number of aromatic nitrogens is 1. The van der Waals surface area contributed by atoms with Crippen molar-refractivity contribution in [2.24, 2.45) is 0 Å². The molecule has 2 N–H and O–H groups in total. The SMILES string of the molecule is O=C(CCCc1c[nH]c2ccccc12)NCc1ccc(S(=O)(=O)N2CCCCC2)s1. The van der Waals surface area contributed by atoms with Gasteiger partial charge in [0.1, 0.15) is 4.21 Å². The van der Waals surface area contributed by atoms with Gasteiger partial charge in [0.25, 0.3) is 10.0 Å². The van der Waals surface area contributed by atoms with Crippen LogP contribution in [0.15, 0.2) is 46.8 Å². The second-order valence-electron chi connectivity index (χ2n) is 7.68. The van der Waals surface area contributed by atoms with Crippen LogP contribution in [0.5, 0.6) is 0 Å². The first-order valence-electron chi connectivity index (χ1n) is 10.4. The summed E-state index contributed by atoms with van der Waals surface area (Å²) in [6.07, 6.45) is 7.01. The first-order valence-corrected chi connectivity index (χ1v) is 12.7. The number of aromatic amines is 1. The highest BCUT2D eigenvalue weighted by atomic mass is 32.2. The molecule has 1 aliphatic rings. The lowest BCUT2D eigenvalue weighted by atomic mass is 10.1. The summed E-state index contributed by atoms with van der Waals surface area (Å²) in [6, 6.07) is 11.6. The highest BCUT2D eigenvalue weighted by Gasteiger charge is 2.27. The van der Waals surface area contributed by atoms with Crippen LogP contribution in [0.3, 0.4) is 0 Å². The zero-order chi connectivity index (χ0) is 21.0. The maximum absolute atomic E-state index is 12.7. The fraction of sp³-hybridized carbons (Fsp3) is 0.409. The Morgan fingerprint density at radius 1 is 1.10 bits per heavy atom. The number of carbonyl (C=O) groups excluding carboxylic acids is 1. The molecule has 0 bridgehead atoms. The highest BCUT2D eigenvalue weighted by Crippen LogP contribution is 2.27. The quantitative estimate of drug-likeness (QED) is 0.549. The van der Waals surface area contributed by atoms with Crippen LogP contribution >= 0.6 is 11.3 Å². The molecule has 30 heavy (non-hydrogen) atoms. The predicted octanol–water partition coefficient (Wildman–Crippen LogP) is 4.04. The van der Waals surface area contributed by atoms with E-state index in [0.29, 0.717) is 30.3 Å². The minimum Gasteiger partial charge on any atom is -0.361 e. The number of fused-ring (bicyclic) bond motifs is 1.